The second kappa shape index (κ2) is 5.66. The Morgan fingerprint density at radius 3 is 2.21 bits per heavy atom. The van der Waals surface area contributed by atoms with Crippen molar-refractivity contribution in [2.45, 2.75) is 27.2 Å². The van der Waals surface area contributed by atoms with Crippen molar-refractivity contribution in [1.82, 2.24) is 0 Å². The van der Waals surface area contributed by atoms with Crippen LogP contribution in [0.5, 0.6) is 0 Å². The third-order valence-corrected chi connectivity index (χ3v) is 3.24. The molecule has 2 aromatic rings. The Morgan fingerprint density at radius 1 is 0.947 bits per heavy atom. The van der Waals surface area contributed by atoms with Crippen molar-refractivity contribution in [3.05, 3.63) is 54.1 Å². The van der Waals surface area contributed by atoms with Crippen molar-refractivity contribution >= 4 is 17.5 Å². The molecule has 0 amide bonds. The van der Waals surface area contributed by atoms with Crippen molar-refractivity contribution in [2.24, 2.45) is 5.41 Å². The van der Waals surface area contributed by atoms with E-state index < -0.39 is 0 Å². The lowest BCUT2D eigenvalue weighted by Crippen LogP contribution is -2.10. The maximum atomic E-state index is 5.88. The Balaban J connectivity index is 2.56. The van der Waals surface area contributed by atoms with E-state index in [0.717, 1.165) is 12.1 Å². The third-order valence-electron chi connectivity index (χ3n) is 3.04. The summed E-state index contributed by atoms with van der Waals surface area (Å²) in [6.45, 7) is 6.76. The van der Waals surface area contributed by atoms with Crippen molar-refractivity contribution < 1.29 is 0 Å². The number of halogens is 1. The fraction of sp³-hybridized carbons (Fsp3) is 0.294. The second-order valence-electron chi connectivity index (χ2n) is 6.04. The molecule has 0 atom stereocenters. The number of hydrogen-bond donors (Lipinski definition) is 1. The molecule has 0 heterocycles. The highest BCUT2D eigenvalue weighted by Crippen LogP contribution is 2.35. The molecule has 0 fully saturated rings. The SMILES string of the molecule is CC(C)(C)Cc1cccc(NCl)c1-c1ccccc1. The molecule has 0 bridgehead atoms. The Morgan fingerprint density at radius 2 is 1.63 bits per heavy atom. The minimum atomic E-state index is 0.245. The molecular formula is C17H20ClN. The zero-order valence-electron chi connectivity index (χ0n) is 11.7. The lowest BCUT2D eigenvalue weighted by molar-refractivity contribution is 0.412. The van der Waals surface area contributed by atoms with Gasteiger partial charge in [-0.1, -0.05) is 63.2 Å². The predicted octanol–water partition coefficient (Wildman–Crippen LogP) is 5.51. The van der Waals surface area contributed by atoms with E-state index >= 15 is 0 Å². The fourth-order valence-electron chi connectivity index (χ4n) is 2.34. The maximum absolute atomic E-state index is 5.88. The van der Waals surface area contributed by atoms with Crippen LogP contribution in [0.1, 0.15) is 26.3 Å². The van der Waals surface area contributed by atoms with Crippen LogP contribution in [0.15, 0.2) is 48.5 Å². The van der Waals surface area contributed by atoms with Gasteiger partial charge in [-0.05, 0) is 29.0 Å². The number of nitrogens with one attached hydrogen (secondary N) is 1. The first-order valence-electron chi connectivity index (χ1n) is 6.55. The smallest absolute Gasteiger partial charge is 0.0572 e. The number of anilines is 1. The summed E-state index contributed by atoms with van der Waals surface area (Å²) in [6.07, 6.45) is 1.02. The summed E-state index contributed by atoms with van der Waals surface area (Å²) < 4.78 is 0. The van der Waals surface area contributed by atoms with Gasteiger partial charge in [-0.3, -0.25) is 4.84 Å². The van der Waals surface area contributed by atoms with E-state index in [2.05, 4.69) is 62.0 Å². The molecule has 0 aliphatic rings. The van der Waals surface area contributed by atoms with E-state index in [1.54, 1.807) is 0 Å². The maximum Gasteiger partial charge on any atom is 0.0572 e. The highest BCUT2D eigenvalue weighted by Gasteiger charge is 2.16. The zero-order chi connectivity index (χ0) is 13.9. The molecule has 0 aromatic heterocycles. The molecule has 1 nitrogen and oxygen atoms in total. The lowest BCUT2D eigenvalue weighted by atomic mass is 9.84. The molecule has 2 heteroatoms. The summed E-state index contributed by atoms with van der Waals surface area (Å²) in [6, 6.07) is 16.6. The average Bonchev–Trinajstić information content (AvgIpc) is 2.37. The van der Waals surface area contributed by atoms with Gasteiger partial charge in [0.15, 0.2) is 0 Å². The molecule has 0 spiro atoms. The van der Waals surface area contributed by atoms with Gasteiger partial charge in [0, 0.05) is 17.3 Å². The molecule has 2 rings (SSSR count). The first kappa shape index (κ1) is 14.0. The fourth-order valence-corrected chi connectivity index (χ4v) is 2.50. The first-order valence-corrected chi connectivity index (χ1v) is 6.93. The second-order valence-corrected chi connectivity index (χ2v) is 6.23. The predicted molar refractivity (Wildman–Crippen MR) is 84.5 cm³/mol. The van der Waals surface area contributed by atoms with Gasteiger partial charge in [0.05, 0.1) is 5.69 Å². The van der Waals surface area contributed by atoms with Gasteiger partial charge >= 0.3 is 0 Å². The molecule has 0 aliphatic carbocycles. The Kier molecular flexibility index (Phi) is 4.16. The summed E-state index contributed by atoms with van der Waals surface area (Å²) in [5.74, 6) is 0. The van der Waals surface area contributed by atoms with Crippen LogP contribution >= 0.6 is 11.8 Å². The van der Waals surface area contributed by atoms with E-state index in [-0.39, 0.29) is 5.41 Å². The van der Waals surface area contributed by atoms with Gasteiger partial charge in [-0.2, -0.15) is 0 Å². The third kappa shape index (κ3) is 3.51. The molecule has 0 saturated heterocycles. The Hall–Kier alpha value is -1.47. The van der Waals surface area contributed by atoms with Crippen LogP contribution in [-0.2, 0) is 6.42 Å². The molecule has 2 aromatic carbocycles. The van der Waals surface area contributed by atoms with Gasteiger partial charge in [-0.25, -0.2) is 0 Å². The van der Waals surface area contributed by atoms with Crippen molar-refractivity contribution in [3.8, 4) is 11.1 Å². The summed E-state index contributed by atoms with van der Waals surface area (Å²) >= 11 is 5.88. The van der Waals surface area contributed by atoms with Crippen LogP contribution < -0.4 is 4.84 Å². The van der Waals surface area contributed by atoms with E-state index in [1.807, 2.05) is 12.1 Å². The van der Waals surface area contributed by atoms with Crippen LogP contribution in [-0.4, -0.2) is 0 Å². The number of hydrogen-bond acceptors (Lipinski definition) is 1. The summed E-state index contributed by atoms with van der Waals surface area (Å²) in [7, 11) is 0. The molecule has 0 saturated carbocycles. The van der Waals surface area contributed by atoms with Gasteiger partial charge in [-0.15, -0.1) is 0 Å². The van der Waals surface area contributed by atoms with Crippen molar-refractivity contribution in [2.75, 3.05) is 4.84 Å². The first-order chi connectivity index (χ1) is 9.01. The lowest BCUT2D eigenvalue weighted by Gasteiger charge is -2.22. The number of rotatable bonds is 3. The van der Waals surface area contributed by atoms with Crippen LogP contribution in [0.25, 0.3) is 11.1 Å². The quantitative estimate of drug-likeness (QED) is 0.727. The van der Waals surface area contributed by atoms with E-state index in [1.165, 1.54) is 16.7 Å². The molecule has 0 radical (unpaired) electrons. The largest absolute Gasteiger partial charge is 0.298 e. The molecule has 1 N–H and O–H groups in total. The topological polar surface area (TPSA) is 12.0 Å². The molecule has 0 aliphatic heterocycles. The number of benzene rings is 2. The summed E-state index contributed by atoms with van der Waals surface area (Å²) in [4.78, 5) is 2.79. The average molecular weight is 274 g/mol. The van der Waals surface area contributed by atoms with Gasteiger partial charge in [0.1, 0.15) is 0 Å². The summed E-state index contributed by atoms with van der Waals surface area (Å²) in [5.41, 5.74) is 4.94. The standard InChI is InChI=1S/C17H20ClN/c1-17(2,3)12-14-10-7-11-15(19-18)16(14)13-8-5-4-6-9-13/h4-11,19H,12H2,1-3H3. The van der Waals surface area contributed by atoms with Gasteiger partial charge in [0.25, 0.3) is 0 Å². The van der Waals surface area contributed by atoms with Crippen LogP contribution in [0.4, 0.5) is 5.69 Å². The molecule has 0 unspecified atom stereocenters. The minimum absolute atomic E-state index is 0.245. The van der Waals surface area contributed by atoms with Crippen LogP contribution in [0.2, 0.25) is 0 Å². The highest BCUT2D eigenvalue weighted by atomic mass is 35.5. The van der Waals surface area contributed by atoms with E-state index in [0.29, 0.717) is 0 Å². The van der Waals surface area contributed by atoms with Crippen molar-refractivity contribution in [3.63, 3.8) is 0 Å². The Labute approximate surface area is 120 Å². The van der Waals surface area contributed by atoms with E-state index in [4.69, 9.17) is 11.8 Å². The van der Waals surface area contributed by atoms with Crippen LogP contribution in [0.3, 0.4) is 0 Å². The minimum Gasteiger partial charge on any atom is -0.298 e. The van der Waals surface area contributed by atoms with Crippen LogP contribution in [0, 0.1) is 5.41 Å². The zero-order valence-corrected chi connectivity index (χ0v) is 12.5. The Bertz CT molecular complexity index is 541. The van der Waals surface area contributed by atoms with Gasteiger partial charge < -0.3 is 0 Å². The van der Waals surface area contributed by atoms with Crippen molar-refractivity contribution in [1.29, 1.82) is 0 Å². The van der Waals surface area contributed by atoms with Gasteiger partial charge in [0.2, 0.25) is 0 Å². The monoisotopic (exact) mass is 273 g/mol. The normalized spacial score (nSPS) is 11.4. The molecule has 19 heavy (non-hydrogen) atoms. The summed E-state index contributed by atoms with van der Waals surface area (Å²) in [5, 5.41) is 0. The molecular weight excluding hydrogens is 254 g/mol. The highest BCUT2D eigenvalue weighted by molar-refractivity contribution is 6.25. The van der Waals surface area contributed by atoms with E-state index in [9.17, 15) is 0 Å². The molecule has 100 valence electrons.